The van der Waals surface area contributed by atoms with Crippen molar-refractivity contribution in [3.05, 3.63) is 0 Å². The molecule has 0 spiro atoms. The van der Waals surface area contributed by atoms with Gasteiger partial charge in [0.2, 0.25) is 0 Å². The summed E-state index contributed by atoms with van der Waals surface area (Å²) in [6.45, 7) is 0. The second-order valence-electron chi connectivity index (χ2n) is 6.05. The zero-order chi connectivity index (χ0) is 10.4. The lowest BCUT2D eigenvalue weighted by atomic mass is 9.71. The predicted molar refractivity (Wildman–Crippen MR) is 58.3 cm³/mol. The summed E-state index contributed by atoms with van der Waals surface area (Å²) in [6, 6.07) is 0. The van der Waals surface area contributed by atoms with Crippen molar-refractivity contribution in [3.63, 3.8) is 0 Å². The van der Waals surface area contributed by atoms with E-state index in [-0.39, 0.29) is 0 Å². The van der Waals surface area contributed by atoms with Gasteiger partial charge in [-0.15, -0.1) is 0 Å². The van der Waals surface area contributed by atoms with Crippen LogP contribution in [0.1, 0.15) is 44.9 Å². The molecule has 0 aliphatic heterocycles. The average Bonchev–Trinajstić information content (AvgIpc) is 2.83. The van der Waals surface area contributed by atoms with E-state index in [1.807, 2.05) is 0 Å². The summed E-state index contributed by atoms with van der Waals surface area (Å²) in [7, 11) is 0. The lowest BCUT2D eigenvalue weighted by Gasteiger charge is -2.37. The molecule has 6 atom stereocenters. The second kappa shape index (κ2) is 3.74. The Kier molecular flexibility index (Phi) is 2.52. The van der Waals surface area contributed by atoms with Gasteiger partial charge in [-0.2, -0.15) is 0 Å². The molecule has 0 radical (unpaired) electrons. The van der Waals surface area contributed by atoms with Crippen molar-refractivity contribution in [2.75, 3.05) is 0 Å². The fourth-order valence-electron chi connectivity index (χ4n) is 4.42. The number of hydrogen-bond acceptors (Lipinski definition) is 2. The highest BCUT2D eigenvalue weighted by Crippen LogP contribution is 2.53. The highest BCUT2D eigenvalue weighted by atomic mass is 16.3. The standard InChI is InChI=1S/C13H22O2/c14-12-4-3-10(7-13(12)15)11-6-8-1-2-9(11)5-8/h8-15H,1-7H2/t8-,9+,10-,11+,12-,13-/m1/s1. The van der Waals surface area contributed by atoms with Crippen molar-refractivity contribution < 1.29 is 10.2 Å². The number of hydrogen-bond donors (Lipinski definition) is 2. The Morgan fingerprint density at radius 1 is 0.667 bits per heavy atom. The van der Waals surface area contributed by atoms with Gasteiger partial charge in [-0.1, -0.05) is 6.42 Å². The second-order valence-corrected chi connectivity index (χ2v) is 6.05. The topological polar surface area (TPSA) is 40.5 Å². The van der Waals surface area contributed by atoms with Crippen molar-refractivity contribution in [2.24, 2.45) is 23.7 Å². The summed E-state index contributed by atoms with van der Waals surface area (Å²) in [5.41, 5.74) is 0. The highest BCUT2D eigenvalue weighted by Gasteiger charge is 2.44. The lowest BCUT2D eigenvalue weighted by Crippen LogP contribution is -2.37. The third-order valence-electron chi connectivity index (χ3n) is 5.22. The maximum atomic E-state index is 9.73. The molecule has 3 aliphatic carbocycles. The third-order valence-corrected chi connectivity index (χ3v) is 5.22. The van der Waals surface area contributed by atoms with E-state index in [0.29, 0.717) is 5.92 Å². The smallest absolute Gasteiger partial charge is 0.0801 e. The molecule has 2 nitrogen and oxygen atoms in total. The molecule has 3 saturated carbocycles. The molecule has 0 amide bonds. The number of fused-ring (bicyclic) bond motifs is 2. The van der Waals surface area contributed by atoms with Crippen LogP contribution in [0.25, 0.3) is 0 Å². The van der Waals surface area contributed by atoms with Crippen LogP contribution in [0.3, 0.4) is 0 Å². The highest BCUT2D eigenvalue weighted by molar-refractivity contribution is 4.95. The van der Waals surface area contributed by atoms with Gasteiger partial charge in [0.15, 0.2) is 0 Å². The van der Waals surface area contributed by atoms with Crippen LogP contribution in [0.4, 0.5) is 0 Å². The van der Waals surface area contributed by atoms with Crippen LogP contribution in [0.5, 0.6) is 0 Å². The molecule has 86 valence electrons. The number of aliphatic hydroxyl groups excluding tert-OH is 2. The van der Waals surface area contributed by atoms with Gasteiger partial charge < -0.3 is 10.2 Å². The van der Waals surface area contributed by atoms with Crippen LogP contribution in [-0.4, -0.2) is 22.4 Å². The summed E-state index contributed by atoms with van der Waals surface area (Å²) in [4.78, 5) is 0. The zero-order valence-electron chi connectivity index (χ0n) is 9.31. The zero-order valence-corrected chi connectivity index (χ0v) is 9.31. The summed E-state index contributed by atoms with van der Waals surface area (Å²) in [5, 5.41) is 19.2. The largest absolute Gasteiger partial charge is 0.390 e. The Bertz CT molecular complexity index is 241. The first-order valence-electron chi connectivity index (χ1n) is 6.60. The molecule has 3 rings (SSSR count). The summed E-state index contributed by atoms with van der Waals surface area (Å²) in [5.74, 6) is 3.55. The van der Waals surface area contributed by atoms with Gasteiger partial charge in [-0.25, -0.2) is 0 Å². The molecular formula is C13H22O2. The van der Waals surface area contributed by atoms with E-state index in [9.17, 15) is 10.2 Å². The van der Waals surface area contributed by atoms with E-state index in [4.69, 9.17) is 0 Å². The van der Waals surface area contributed by atoms with Crippen LogP contribution in [-0.2, 0) is 0 Å². The Morgan fingerprint density at radius 3 is 2.00 bits per heavy atom. The van der Waals surface area contributed by atoms with Gasteiger partial charge in [-0.05, 0) is 62.2 Å². The predicted octanol–water partition coefficient (Wildman–Crippen LogP) is 1.94. The van der Waals surface area contributed by atoms with Gasteiger partial charge in [0.05, 0.1) is 12.2 Å². The normalized spacial score (nSPS) is 54.8. The fraction of sp³-hybridized carbons (Fsp3) is 1.00. The van der Waals surface area contributed by atoms with Gasteiger partial charge >= 0.3 is 0 Å². The minimum atomic E-state index is -0.445. The van der Waals surface area contributed by atoms with Gasteiger partial charge in [0, 0.05) is 0 Å². The van der Waals surface area contributed by atoms with Crippen molar-refractivity contribution in [1.29, 1.82) is 0 Å². The summed E-state index contributed by atoms with van der Waals surface area (Å²) in [6.07, 6.45) is 7.70. The number of rotatable bonds is 1. The monoisotopic (exact) mass is 210 g/mol. The van der Waals surface area contributed by atoms with Crippen LogP contribution in [0.15, 0.2) is 0 Å². The van der Waals surface area contributed by atoms with E-state index < -0.39 is 12.2 Å². The first-order valence-corrected chi connectivity index (χ1v) is 6.60. The SMILES string of the molecule is O[C@@H]1CC[C@@H]([C@H]2C[C@@H]3CC[C@H]2C3)C[C@H]1O. The molecule has 2 bridgehead atoms. The van der Waals surface area contributed by atoms with Crippen LogP contribution in [0.2, 0.25) is 0 Å². The van der Waals surface area contributed by atoms with Gasteiger partial charge in [0.1, 0.15) is 0 Å². The van der Waals surface area contributed by atoms with Crippen molar-refractivity contribution in [1.82, 2.24) is 0 Å². The Hall–Kier alpha value is -0.0800. The molecule has 0 aromatic rings. The van der Waals surface area contributed by atoms with E-state index in [1.165, 1.54) is 25.7 Å². The number of aliphatic hydroxyl groups is 2. The van der Waals surface area contributed by atoms with Crippen molar-refractivity contribution >= 4 is 0 Å². The molecule has 3 fully saturated rings. The molecule has 0 aromatic heterocycles. The van der Waals surface area contributed by atoms with Crippen molar-refractivity contribution in [3.8, 4) is 0 Å². The third kappa shape index (κ3) is 1.72. The lowest BCUT2D eigenvalue weighted by molar-refractivity contribution is -0.0392. The minimum absolute atomic E-state index is 0.442. The molecule has 15 heavy (non-hydrogen) atoms. The average molecular weight is 210 g/mol. The summed E-state index contributed by atoms with van der Waals surface area (Å²) < 4.78 is 0. The van der Waals surface area contributed by atoms with Crippen LogP contribution < -0.4 is 0 Å². The maximum Gasteiger partial charge on any atom is 0.0801 e. The molecular weight excluding hydrogens is 188 g/mol. The first-order chi connectivity index (χ1) is 7.24. The van der Waals surface area contributed by atoms with Crippen molar-refractivity contribution in [2.45, 2.75) is 57.2 Å². The molecule has 0 saturated heterocycles. The maximum absolute atomic E-state index is 9.73. The summed E-state index contributed by atoms with van der Waals surface area (Å²) >= 11 is 0. The minimum Gasteiger partial charge on any atom is -0.390 e. The van der Waals surface area contributed by atoms with E-state index in [2.05, 4.69) is 0 Å². The first kappa shape index (κ1) is 10.1. The Balaban J connectivity index is 1.63. The molecule has 0 aromatic carbocycles. The quantitative estimate of drug-likeness (QED) is 0.694. The Morgan fingerprint density at radius 2 is 1.40 bits per heavy atom. The molecule has 0 heterocycles. The van der Waals surface area contributed by atoms with E-state index >= 15 is 0 Å². The fourth-order valence-corrected chi connectivity index (χ4v) is 4.42. The van der Waals surface area contributed by atoms with Crippen LogP contribution >= 0.6 is 0 Å². The van der Waals surface area contributed by atoms with Gasteiger partial charge in [-0.3, -0.25) is 0 Å². The molecule has 2 heteroatoms. The van der Waals surface area contributed by atoms with E-state index in [1.54, 1.807) is 0 Å². The van der Waals surface area contributed by atoms with Crippen LogP contribution in [0, 0.1) is 23.7 Å². The molecule has 3 aliphatic rings. The van der Waals surface area contributed by atoms with Gasteiger partial charge in [0.25, 0.3) is 0 Å². The molecule has 2 N–H and O–H groups in total. The molecule has 0 unspecified atom stereocenters. The Labute approximate surface area is 91.7 Å². The van der Waals surface area contributed by atoms with E-state index in [0.717, 1.165) is 37.0 Å².